The molecule has 5 rings (SSSR count). The number of fused-ring (bicyclic) bond motifs is 3. The molecule has 0 spiro atoms. The Kier molecular flexibility index (Phi) is 13.0. The monoisotopic (exact) mass is 592 g/mol. The molecule has 0 amide bonds. The number of hydrogen-bond acceptors (Lipinski definition) is 0. The Balaban J connectivity index is 0.000000266. The summed E-state index contributed by atoms with van der Waals surface area (Å²) in [6.07, 6.45) is 6.76. The maximum atomic E-state index is 3.40. The van der Waals surface area contributed by atoms with E-state index in [1.807, 2.05) is 6.07 Å². The molecule has 0 aliphatic heterocycles. The molecule has 0 aromatic heterocycles. The van der Waals surface area contributed by atoms with Crippen LogP contribution in [0.25, 0.3) is 11.1 Å². The van der Waals surface area contributed by atoms with Crippen LogP contribution in [0.2, 0.25) is 0 Å². The standard InChI is InChI=1S/C13H9.C11H17.C9H10.2ClH.Zr/c1-3-7-12-10(5-1)9-11-6-2-4-8-13(11)12;1-8-6-9(2)10(7-8)11(3,4)5;1-3-9-6-4-8(2)5-7-9;;;/h1-5,7-8H,9H2;7-8H,1-5H3;4-7H,1-2H3;2*1H;/q2*-1;;;;+2/p-2. The number of hydrogen-bond donors (Lipinski definition) is 0. The SMILES string of the molecule is CC1=[C-]C(C)C=C1C(C)(C)C.C[C](=[Zr+2])c1ccc(C)cc1.[Cl-].[Cl-].[c-]1cccc2c1Cc1ccccc1-2. The fraction of sp³-hybridized carbons (Fsp3) is 0.303. The van der Waals surface area contributed by atoms with Crippen molar-refractivity contribution in [3.05, 3.63) is 118 Å². The molecule has 0 nitrogen and oxygen atoms in total. The normalized spacial score (nSPS) is 14.8. The van der Waals surface area contributed by atoms with Gasteiger partial charge in [-0.25, -0.2) is 5.57 Å². The number of halogens is 2. The van der Waals surface area contributed by atoms with Gasteiger partial charge in [-0.1, -0.05) is 81.3 Å². The van der Waals surface area contributed by atoms with Gasteiger partial charge < -0.3 is 24.8 Å². The van der Waals surface area contributed by atoms with Gasteiger partial charge in [-0.2, -0.15) is 41.5 Å². The average Bonchev–Trinajstić information content (AvgIpc) is 3.34. The van der Waals surface area contributed by atoms with Crippen LogP contribution >= 0.6 is 0 Å². The van der Waals surface area contributed by atoms with E-state index in [0.717, 1.165) is 6.42 Å². The van der Waals surface area contributed by atoms with Gasteiger partial charge in [0.15, 0.2) is 0 Å². The summed E-state index contributed by atoms with van der Waals surface area (Å²) in [5, 5.41) is 0. The molecule has 0 saturated carbocycles. The molecule has 0 heterocycles. The minimum absolute atomic E-state index is 0. The molecule has 1 atom stereocenters. The van der Waals surface area contributed by atoms with Crippen LogP contribution in [0.3, 0.4) is 0 Å². The first-order chi connectivity index (χ1) is 16.1. The number of rotatable bonds is 1. The largest absolute Gasteiger partial charge is 1.00 e. The summed E-state index contributed by atoms with van der Waals surface area (Å²) in [5.41, 5.74) is 11.3. The molecular weight excluding hydrogens is 558 g/mol. The van der Waals surface area contributed by atoms with Crippen LogP contribution in [0.1, 0.15) is 63.8 Å². The third-order valence-electron chi connectivity index (χ3n) is 6.17. The van der Waals surface area contributed by atoms with Gasteiger partial charge in [0, 0.05) is 0 Å². The number of aryl methyl sites for hydroxylation is 1. The van der Waals surface area contributed by atoms with E-state index < -0.39 is 0 Å². The summed E-state index contributed by atoms with van der Waals surface area (Å²) in [5.74, 6) is 0.518. The molecule has 2 aliphatic carbocycles. The van der Waals surface area contributed by atoms with Crippen LogP contribution in [-0.4, -0.2) is 3.21 Å². The van der Waals surface area contributed by atoms with Gasteiger partial charge >= 0.3 is 76.7 Å². The van der Waals surface area contributed by atoms with E-state index in [1.165, 1.54) is 72.0 Å². The smallest absolute Gasteiger partial charge is 0.0253 e. The van der Waals surface area contributed by atoms with Gasteiger partial charge in [-0.05, 0) is 6.42 Å². The maximum absolute atomic E-state index is 3.40. The minimum Gasteiger partial charge on any atom is -1.00 e. The molecule has 3 aromatic carbocycles. The fourth-order valence-corrected chi connectivity index (χ4v) is 4.86. The molecule has 0 bridgehead atoms. The topological polar surface area (TPSA) is 0 Å². The van der Waals surface area contributed by atoms with Crippen LogP contribution in [0.15, 0.2) is 84.0 Å². The molecule has 36 heavy (non-hydrogen) atoms. The average molecular weight is 595 g/mol. The van der Waals surface area contributed by atoms with Crippen molar-refractivity contribution < 1.29 is 49.0 Å². The van der Waals surface area contributed by atoms with E-state index in [9.17, 15) is 0 Å². The van der Waals surface area contributed by atoms with Crippen molar-refractivity contribution in [3.8, 4) is 11.1 Å². The minimum atomic E-state index is 0. The number of allylic oxidation sites excluding steroid dienone is 4. The first-order valence-electron chi connectivity index (χ1n) is 12.1. The summed E-state index contributed by atoms with van der Waals surface area (Å²) in [7, 11) is 0. The van der Waals surface area contributed by atoms with Crippen molar-refractivity contribution in [2.24, 2.45) is 11.3 Å². The summed E-state index contributed by atoms with van der Waals surface area (Å²) in [6, 6.07) is 26.8. The zero-order valence-corrected chi connectivity index (χ0v) is 26.4. The summed E-state index contributed by atoms with van der Waals surface area (Å²) in [4.78, 5) is 0. The Morgan fingerprint density at radius 3 is 2.03 bits per heavy atom. The van der Waals surface area contributed by atoms with Crippen LogP contribution in [-0.2, 0) is 30.7 Å². The van der Waals surface area contributed by atoms with Gasteiger partial charge in [0.25, 0.3) is 0 Å². The molecule has 3 heteroatoms. The van der Waals surface area contributed by atoms with Crippen LogP contribution in [0.4, 0.5) is 0 Å². The Labute approximate surface area is 246 Å². The molecule has 0 saturated heterocycles. The summed E-state index contributed by atoms with van der Waals surface area (Å²) >= 11 is 1.51. The van der Waals surface area contributed by atoms with E-state index >= 15 is 0 Å². The Hall–Kier alpha value is -1.53. The molecule has 0 N–H and O–H groups in total. The Morgan fingerprint density at radius 2 is 1.50 bits per heavy atom. The third kappa shape index (κ3) is 8.80. The van der Waals surface area contributed by atoms with Crippen molar-refractivity contribution in [1.29, 1.82) is 0 Å². The maximum Gasteiger partial charge on any atom is -0.0253 e. The van der Waals surface area contributed by atoms with Gasteiger partial charge in [0.2, 0.25) is 0 Å². The second kappa shape index (κ2) is 14.4. The van der Waals surface area contributed by atoms with E-state index in [4.69, 9.17) is 0 Å². The van der Waals surface area contributed by atoms with Crippen LogP contribution < -0.4 is 24.8 Å². The van der Waals surface area contributed by atoms with Gasteiger partial charge in [-0.3, -0.25) is 6.08 Å². The van der Waals surface area contributed by atoms with Gasteiger partial charge in [0.05, 0.1) is 0 Å². The predicted molar refractivity (Wildman–Crippen MR) is 144 cm³/mol. The molecule has 0 fully saturated rings. The first-order valence-corrected chi connectivity index (χ1v) is 13.3. The Morgan fingerprint density at radius 1 is 0.889 bits per heavy atom. The zero-order chi connectivity index (χ0) is 24.9. The van der Waals surface area contributed by atoms with Crippen molar-refractivity contribution in [1.82, 2.24) is 0 Å². The van der Waals surface area contributed by atoms with E-state index in [-0.39, 0.29) is 24.8 Å². The van der Waals surface area contributed by atoms with E-state index in [0.29, 0.717) is 11.3 Å². The van der Waals surface area contributed by atoms with Crippen LogP contribution in [0, 0.1) is 30.4 Å². The van der Waals surface area contributed by atoms with Crippen molar-refractivity contribution >= 4 is 3.21 Å². The number of benzene rings is 3. The predicted octanol–water partition coefficient (Wildman–Crippen LogP) is 2.51. The third-order valence-corrected chi connectivity index (χ3v) is 6.88. The van der Waals surface area contributed by atoms with Gasteiger partial charge in [-0.15, -0.1) is 5.56 Å². The quantitative estimate of drug-likeness (QED) is 0.298. The molecule has 2 aliphatic rings. The van der Waals surface area contributed by atoms with Crippen molar-refractivity contribution in [2.75, 3.05) is 0 Å². The fourth-order valence-electron chi connectivity index (χ4n) is 4.45. The molecule has 1 unspecified atom stereocenters. The first kappa shape index (κ1) is 32.5. The van der Waals surface area contributed by atoms with Gasteiger partial charge in [0.1, 0.15) is 0 Å². The zero-order valence-electron chi connectivity index (χ0n) is 22.5. The van der Waals surface area contributed by atoms with Crippen molar-refractivity contribution in [2.45, 2.75) is 54.9 Å². The molecule has 0 radical (unpaired) electrons. The second-order valence-electron chi connectivity index (χ2n) is 10.3. The van der Waals surface area contributed by atoms with E-state index in [2.05, 4.69) is 127 Å². The molecule has 3 aromatic rings. The summed E-state index contributed by atoms with van der Waals surface area (Å²) in [6.45, 7) is 15.4. The second-order valence-corrected chi connectivity index (χ2v) is 12.1. The van der Waals surface area contributed by atoms with E-state index in [1.54, 1.807) is 0 Å². The van der Waals surface area contributed by atoms with Crippen LogP contribution in [0.5, 0.6) is 0 Å². The molecule has 188 valence electrons. The van der Waals surface area contributed by atoms with Crippen molar-refractivity contribution in [3.63, 3.8) is 0 Å². The Bertz CT molecular complexity index is 1170. The molecular formula is C33H36Cl2Zr-2. The summed E-state index contributed by atoms with van der Waals surface area (Å²) < 4.78 is 1.46.